The fourth-order valence-corrected chi connectivity index (χ4v) is 3.36. The van der Waals surface area contributed by atoms with Crippen LogP contribution in [-0.4, -0.2) is 47.0 Å². The molecule has 2 rings (SSSR count). The van der Waals surface area contributed by atoms with E-state index in [-0.39, 0.29) is 19.1 Å². The Morgan fingerprint density at radius 2 is 2.40 bits per heavy atom. The number of hydrogen-bond donors (Lipinski definition) is 2. The molecule has 0 bridgehead atoms. The maximum Gasteiger partial charge on any atom is 0.311 e. The van der Waals surface area contributed by atoms with Crippen molar-refractivity contribution in [3.8, 4) is 0 Å². The second kappa shape index (κ2) is 7.05. The quantitative estimate of drug-likeness (QED) is 0.811. The van der Waals surface area contributed by atoms with Gasteiger partial charge in [0.25, 0.3) is 0 Å². The van der Waals surface area contributed by atoms with E-state index in [9.17, 15) is 9.59 Å². The molecule has 0 saturated carbocycles. The molecule has 8 heteroatoms. The minimum absolute atomic E-state index is 0.158. The lowest BCUT2D eigenvalue weighted by Gasteiger charge is -2.15. The Kier molecular flexibility index (Phi) is 5.38. The van der Waals surface area contributed by atoms with Gasteiger partial charge in [-0.3, -0.25) is 9.59 Å². The highest BCUT2D eigenvalue weighted by Gasteiger charge is 2.34. The highest BCUT2D eigenvalue weighted by Crippen LogP contribution is 2.16. The van der Waals surface area contributed by atoms with Gasteiger partial charge < -0.3 is 15.2 Å². The van der Waals surface area contributed by atoms with Crippen LogP contribution < -0.4 is 5.32 Å². The summed E-state index contributed by atoms with van der Waals surface area (Å²) in [5.74, 6) is -0.770. The molecule has 1 aliphatic rings. The average Bonchev–Trinajstić information content (AvgIpc) is 2.98. The first-order valence-electron chi connectivity index (χ1n) is 6.15. The molecule has 110 valence electrons. The molecule has 0 spiro atoms. The lowest BCUT2D eigenvalue weighted by atomic mass is 10.0. The first-order chi connectivity index (χ1) is 9.56. The number of thiazole rings is 1. The summed E-state index contributed by atoms with van der Waals surface area (Å²) in [6, 6.07) is -0.429. The van der Waals surface area contributed by atoms with Crippen molar-refractivity contribution in [2.75, 3.05) is 19.0 Å². The van der Waals surface area contributed by atoms with E-state index >= 15 is 0 Å². The second-order valence-corrected chi connectivity index (χ2v) is 6.55. The van der Waals surface area contributed by atoms with Crippen LogP contribution in [0.1, 0.15) is 10.7 Å². The van der Waals surface area contributed by atoms with Gasteiger partial charge in [-0.1, -0.05) is 0 Å². The zero-order valence-corrected chi connectivity index (χ0v) is 12.6. The fourth-order valence-electron chi connectivity index (χ4n) is 1.91. The van der Waals surface area contributed by atoms with Gasteiger partial charge in [-0.15, -0.1) is 23.1 Å². The number of amides is 1. The number of rotatable bonds is 6. The lowest BCUT2D eigenvalue weighted by molar-refractivity contribution is -0.142. The molecule has 1 aliphatic heterocycles. The number of carboxylic acid groups (broad SMARTS) is 1. The summed E-state index contributed by atoms with van der Waals surface area (Å²) in [4.78, 5) is 27.0. The van der Waals surface area contributed by atoms with Crippen molar-refractivity contribution >= 4 is 35.0 Å². The Balaban J connectivity index is 1.71. The predicted molar refractivity (Wildman–Crippen MR) is 76.9 cm³/mol. The Morgan fingerprint density at radius 1 is 1.60 bits per heavy atom. The van der Waals surface area contributed by atoms with Crippen molar-refractivity contribution in [1.82, 2.24) is 10.3 Å². The Labute approximate surface area is 124 Å². The number of carboxylic acids is 1. The van der Waals surface area contributed by atoms with Gasteiger partial charge in [0.1, 0.15) is 5.92 Å². The average molecular weight is 316 g/mol. The number of aromatic nitrogens is 1. The van der Waals surface area contributed by atoms with Crippen LogP contribution in [0.3, 0.4) is 0 Å². The van der Waals surface area contributed by atoms with Crippen molar-refractivity contribution < 1.29 is 19.4 Å². The third-order valence-corrected chi connectivity index (χ3v) is 4.68. The number of aliphatic carboxylic acids is 1. The van der Waals surface area contributed by atoms with E-state index in [0.717, 1.165) is 10.7 Å². The smallest absolute Gasteiger partial charge is 0.311 e. The molecule has 2 atom stereocenters. The van der Waals surface area contributed by atoms with Crippen molar-refractivity contribution in [1.29, 1.82) is 0 Å². The Bertz CT molecular complexity index is 492. The van der Waals surface area contributed by atoms with Crippen LogP contribution in [0.2, 0.25) is 0 Å². The van der Waals surface area contributed by atoms with E-state index in [1.54, 1.807) is 11.3 Å². The van der Waals surface area contributed by atoms with Crippen LogP contribution in [0.4, 0.5) is 0 Å². The molecule has 1 fully saturated rings. The van der Waals surface area contributed by atoms with Crippen LogP contribution in [0.25, 0.3) is 0 Å². The normalized spacial score (nSPS) is 21.9. The molecule has 0 radical (unpaired) electrons. The van der Waals surface area contributed by atoms with Crippen LogP contribution in [0, 0.1) is 12.8 Å². The van der Waals surface area contributed by atoms with E-state index in [2.05, 4.69) is 10.3 Å². The van der Waals surface area contributed by atoms with Gasteiger partial charge in [0.2, 0.25) is 5.91 Å². The van der Waals surface area contributed by atoms with E-state index in [1.165, 1.54) is 11.8 Å². The zero-order chi connectivity index (χ0) is 14.5. The van der Waals surface area contributed by atoms with E-state index < -0.39 is 17.9 Å². The molecular weight excluding hydrogens is 300 g/mol. The minimum Gasteiger partial charge on any atom is -0.481 e. The number of aryl methyl sites for hydroxylation is 1. The van der Waals surface area contributed by atoms with Crippen LogP contribution in [-0.2, 0) is 20.1 Å². The Morgan fingerprint density at radius 3 is 3.05 bits per heavy atom. The van der Waals surface area contributed by atoms with E-state index in [4.69, 9.17) is 9.84 Å². The van der Waals surface area contributed by atoms with Crippen molar-refractivity contribution in [3.63, 3.8) is 0 Å². The molecule has 1 aromatic rings. The third kappa shape index (κ3) is 4.19. The molecule has 0 aromatic carbocycles. The molecule has 20 heavy (non-hydrogen) atoms. The summed E-state index contributed by atoms with van der Waals surface area (Å²) in [5.41, 5.74) is 0.970. The molecule has 0 aliphatic carbocycles. The second-order valence-electron chi connectivity index (χ2n) is 4.51. The van der Waals surface area contributed by atoms with Gasteiger partial charge in [0.05, 0.1) is 35.7 Å². The van der Waals surface area contributed by atoms with Crippen molar-refractivity contribution in [2.45, 2.75) is 18.7 Å². The number of nitrogens with one attached hydrogen (secondary N) is 1. The fraction of sp³-hybridized carbons (Fsp3) is 0.583. The Hall–Kier alpha value is -1.12. The van der Waals surface area contributed by atoms with Crippen LogP contribution in [0.5, 0.6) is 0 Å². The number of carbonyl (C=O) groups is 2. The van der Waals surface area contributed by atoms with E-state index in [1.807, 2.05) is 12.3 Å². The van der Waals surface area contributed by atoms with Gasteiger partial charge in [0, 0.05) is 11.1 Å². The largest absolute Gasteiger partial charge is 0.481 e. The highest BCUT2D eigenvalue weighted by molar-refractivity contribution is 7.99. The summed E-state index contributed by atoms with van der Waals surface area (Å²) in [6.45, 7) is 2.36. The van der Waals surface area contributed by atoms with Gasteiger partial charge in [-0.25, -0.2) is 4.98 Å². The summed E-state index contributed by atoms with van der Waals surface area (Å²) < 4.78 is 5.10. The number of carbonyl (C=O) groups excluding carboxylic acids is 1. The molecule has 6 nitrogen and oxygen atoms in total. The first kappa shape index (κ1) is 15.3. The summed E-state index contributed by atoms with van der Waals surface area (Å²) >= 11 is 3.05. The molecular formula is C12H16N2O4S2. The van der Waals surface area contributed by atoms with Crippen molar-refractivity contribution in [3.05, 3.63) is 16.1 Å². The van der Waals surface area contributed by atoms with Gasteiger partial charge >= 0.3 is 5.97 Å². The van der Waals surface area contributed by atoms with E-state index in [0.29, 0.717) is 11.5 Å². The summed E-state index contributed by atoms with van der Waals surface area (Å²) in [5, 5.41) is 14.7. The number of nitrogens with zero attached hydrogens (tertiary/aromatic N) is 1. The predicted octanol–water partition coefficient (Wildman–Crippen LogP) is 0.901. The minimum atomic E-state index is -0.932. The monoisotopic (exact) mass is 316 g/mol. The molecule has 2 N–H and O–H groups in total. The summed E-state index contributed by atoms with van der Waals surface area (Å²) in [7, 11) is 0. The first-order valence-corrected chi connectivity index (χ1v) is 8.18. The topological polar surface area (TPSA) is 88.5 Å². The number of hydrogen-bond acceptors (Lipinski definition) is 6. The molecule has 1 amide bonds. The number of ether oxygens (including phenoxy) is 1. The summed E-state index contributed by atoms with van der Waals surface area (Å²) in [6.07, 6.45) is 0. The van der Waals surface area contributed by atoms with Gasteiger partial charge in [0.15, 0.2) is 0 Å². The maximum absolute atomic E-state index is 11.8. The SMILES string of the molecule is Cc1nc(CSCC(=O)NC2COCC2C(=O)O)cs1. The highest BCUT2D eigenvalue weighted by atomic mass is 32.2. The van der Waals surface area contributed by atoms with Crippen molar-refractivity contribution in [2.24, 2.45) is 5.92 Å². The van der Waals surface area contributed by atoms with Gasteiger partial charge in [-0.2, -0.15) is 0 Å². The molecule has 2 heterocycles. The molecule has 1 aromatic heterocycles. The molecule has 2 unspecified atom stereocenters. The lowest BCUT2D eigenvalue weighted by Crippen LogP contribution is -2.43. The third-order valence-electron chi connectivity index (χ3n) is 2.89. The molecule has 1 saturated heterocycles. The number of thioether (sulfide) groups is 1. The van der Waals surface area contributed by atoms with Crippen LogP contribution in [0.15, 0.2) is 5.38 Å². The van der Waals surface area contributed by atoms with Gasteiger partial charge in [-0.05, 0) is 6.92 Å². The van der Waals surface area contributed by atoms with Crippen LogP contribution >= 0.6 is 23.1 Å². The standard InChI is InChI=1S/C12H16N2O4S2/c1-7-13-8(5-20-7)4-19-6-11(15)14-10-3-18-2-9(10)12(16)17/h5,9-10H,2-4,6H2,1H3,(H,14,15)(H,16,17). The zero-order valence-electron chi connectivity index (χ0n) is 11.0. The maximum atomic E-state index is 11.8.